The third-order valence-corrected chi connectivity index (χ3v) is 11.8. The quantitative estimate of drug-likeness (QED) is 0.712. The van der Waals surface area contributed by atoms with Crippen LogP contribution in [0.25, 0.3) is 0 Å². The summed E-state index contributed by atoms with van der Waals surface area (Å²) in [5.41, 5.74) is 0. The fourth-order valence-corrected chi connectivity index (χ4v) is 11.4. The molecule has 6 heteroatoms. The van der Waals surface area contributed by atoms with E-state index in [1.54, 1.807) is 7.11 Å². The molecule has 0 aliphatic rings. The summed E-state index contributed by atoms with van der Waals surface area (Å²) >= 11 is 10.9. The molecule has 80 valence electrons. The fourth-order valence-electron chi connectivity index (χ4n) is 0.920. The van der Waals surface area contributed by atoms with Gasteiger partial charge in [0.25, 0.3) is 0 Å². The van der Waals surface area contributed by atoms with E-state index in [1.807, 2.05) is 0 Å². The molecule has 13 heavy (non-hydrogen) atoms. The van der Waals surface area contributed by atoms with Crippen LogP contribution in [0.2, 0.25) is 0 Å². The molecule has 0 amide bonds. The van der Waals surface area contributed by atoms with Gasteiger partial charge in [0.05, 0.1) is 0 Å². The second kappa shape index (κ2) is 5.69. The van der Waals surface area contributed by atoms with E-state index < -0.39 is 12.1 Å². The Hall–Kier alpha value is 1.69. The van der Waals surface area contributed by atoms with Gasteiger partial charge in [0.2, 0.25) is 0 Å². The van der Waals surface area contributed by atoms with Gasteiger partial charge >= 0.3 is 0 Å². The van der Waals surface area contributed by atoms with Crippen molar-refractivity contribution in [3.63, 3.8) is 0 Å². The molecule has 0 saturated heterocycles. The summed E-state index contributed by atoms with van der Waals surface area (Å²) in [6, 6.07) is -2.23. The van der Waals surface area contributed by atoms with Crippen molar-refractivity contribution in [1.29, 1.82) is 0 Å². The minimum Gasteiger partial charge on any atom is -0.362 e. The lowest BCUT2D eigenvalue weighted by Crippen LogP contribution is -1.93. The zero-order valence-corrected chi connectivity index (χ0v) is 13.3. The normalized spacial score (nSPS) is 13.7. The first kappa shape index (κ1) is 14.7. The molecule has 0 aliphatic heterocycles. The van der Waals surface area contributed by atoms with Crippen LogP contribution in [0.5, 0.6) is 0 Å². The molecular formula is C7H19OP3S2. The predicted octanol–water partition coefficient (Wildman–Crippen LogP) is 3.42. The SMILES string of the molecule is COP(CP(C)(C)=S)CP(C)(C)=S. The molecule has 0 atom stereocenters. The van der Waals surface area contributed by atoms with Crippen molar-refractivity contribution >= 4 is 43.8 Å². The van der Waals surface area contributed by atoms with E-state index in [0.717, 1.165) is 11.8 Å². The van der Waals surface area contributed by atoms with Crippen molar-refractivity contribution in [2.45, 2.75) is 0 Å². The van der Waals surface area contributed by atoms with Crippen molar-refractivity contribution in [2.24, 2.45) is 0 Å². The highest BCUT2D eigenvalue weighted by Crippen LogP contribution is 2.59. The molecule has 0 aromatic carbocycles. The van der Waals surface area contributed by atoms with Gasteiger partial charge in [-0.05, 0) is 38.7 Å². The zero-order chi connectivity index (χ0) is 10.7. The topological polar surface area (TPSA) is 9.23 Å². The fraction of sp³-hybridized carbons (Fsp3) is 1.00. The molecule has 0 unspecified atom stereocenters. The molecular weight excluding hydrogens is 257 g/mol. The predicted molar refractivity (Wildman–Crippen MR) is 75.9 cm³/mol. The molecule has 0 spiro atoms. The molecule has 0 aromatic rings. The molecule has 0 rings (SSSR count). The molecule has 0 aliphatic carbocycles. The summed E-state index contributed by atoms with van der Waals surface area (Å²) in [6.07, 6.45) is 0. The minimum atomic E-state index is -1.12. The van der Waals surface area contributed by atoms with Gasteiger partial charge in [-0.1, -0.05) is 23.6 Å². The standard InChI is InChI=1S/C7H19OP3S2/c1-8-9(6-10(2,3)12)7-11(4,5)13/h6-7H2,1-5H3. The average molecular weight is 276 g/mol. The van der Waals surface area contributed by atoms with Crippen LogP contribution in [-0.4, -0.2) is 45.6 Å². The van der Waals surface area contributed by atoms with Gasteiger partial charge in [-0.25, -0.2) is 0 Å². The van der Waals surface area contributed by atoms with Gasteiger partial charge in [0.1, 0.15) is 0 Å². The molecule has 0 fully saturated rings. The molecule has 0 N–H and O–H groups in total. The first-order chi connectivity index (χ1) is 5.64. The second-order valence-corrected chi connectivity index (χ2v) is 19.9. The Morgan fingerprint density at radius 1 is 1.00 bits per heavy atom. The molecule has 0 radical (unpaired) electrons. The summed E-state index contributed by atoms with van der Waals surface area (Å²) in [7, 11) is 1.45. The second-order valence-electron chi connectivity index (χ2n) is 4.10. The largest absolute Gasteiger partial charge is 0.362 e. The smallest absolute Gasteiger partial charge is 0.0398 e. The van der Waals surface area contributed by atoms with E-state index in [9.17, 15) is 0 Å². The van der Waals surface area contributed by atoms with Crippen LogP contribution in [-0.2, 0) is 28.1 Å². The highest BCUT2D eigenvalue weighted by molar-refractivity contribution is 8.18. The van der Waals surface area contributed by atoms with Crippen molar-refractivity contribution in [3.8, 4) is 0 Å². The summed E-state index contributed by atoms with van der Waals surface area (Å²) in [5, 5.41) is 0. The van der Waals surface area contributed by atoms with Crippen molar-refractivity contribution < 1.29 is 4.52 Å². The summed E-state index contributed by atoms with van der Waals surface area (Å²) in [4.78, 5) is 0. The van der Waals surface area contributed by atoms with Crippen molar-refractivity contribution in [3.05, 3.63) is 0 Å². The van der Waals surface area contributed by atoms with E-state index >= 15 is 0 Å². The zero-order valence-electron chi connectivity index (χ0n) is 8.98. The van der Waals surface area contributed by atoms with Gasteiger partial charge < -0.3 is 4.52 Å². The minimum absolute atomic E-state index is 0.344. The Bertz CT molecular complexity index is 218. The summed E-state index contributed by atoms with van der Waals surface area (Å²) in [5.74, 6) is 2.18. The van der Waals surface area contributed by atoms with Crippen LogP contribution in [0.4, 0.5) is 0 Å². The third kappa shape index (κ3) is 9.98. The Morgan fingerprint density at radius 3 is 1.46 bits per heavy atom. The average Bonchev–Trinajstić information content (AvgIpc) is 1.79. The molecule has 0 aromatic heterocycles. The monoisotopic (exact) mass is 276 g/mol. The van der Waals surface area contributed by atoms with Crippen LogP contribution in [0, 0.1) is 0 Å². The van der Waals surface area contributed by atoms with E-state index in [0.29, 0.717) is 0 Å². The van der Waals surface area contributed by atoms with Crippen molar-refractivity contribution in [2.75, 3.05) is 45.6 Å². The van der Waals surface area contributed by atoms with E-state index in [-0.39, 0.29) is 8.15 Å². The first-order valence-electron chi connectivity index (χ1n) is 4.01. The van der Waals surface area contributed by atoms with E-state index in [4.69, 9.17) is 28.1 Å². The third-order valence-electron chi connectivity index (χ3n) is 1.25. The van der Waals surface area contributed by atoms with Gasteiger partial charge in [-0.2, -0.15) is 0 Å². The lowest BCUT2D eigenvalue weighted by atomic mass is 11.8. The molecule has 1 nitrogen and oxygen atoms in total. The number of hydrogen-bond acceptors (Lipinski definition) is 3. The molecule has 0 heterocycles. The van der Waals surface area contributed by atoms with E-state index in [2.05, 4.69) is 26.7 Å². The van der Waals surface area contributed by atoms with Gasteiger partial charge in [0.15, 0.2) is 0 Å². The highest BCUT2D eigenvalue weighted by atomic mass is 32.4. The Morgan fingerprint density at radius 2 is 1.31 bits per heavy atom. The lowest BCUT2D eigenvalue weighted by molar-refractivity contribution is 0.466. The van der Waals surface area contributed by atoms with Crippen LogP contribution in [0.1, 0.15) is 0 Å². The van der Waals surface area contributed by atoms with E-state index in [1.165, 1.54) is 0 Å². The van der Waals surface area contributed by atoms with Gasteiger partial charge in [-0.15, -0.1) is 0 Å². The summed E-state index contributed by atoms with van der Waals surface area (Å²) < 4.78 is 5.49. The maximum atomic E-state index is 5.49. The number of rotatable bonds is 5. The maximum Gasteiger partial charge on any atom is 0.0398 e. The number of hydrogen-bond donors (Lipinski definition) is 0. The molecule has 0 saturated carbocycles. The molecule has 0 bridgehead atoms. The van der Waals surface area contributed by atoms with Gasteiger partial charge in [-0.3, -0.25) is 0 Å². The van der Waals surface area contributed by atoms with Crippen LogP contribution >= 0.6 is 20.2 Å². The van der Waals surface area contributed by atoms with Crippen LogP contribution in [0.3, 0.4) is 0 Å². The Labute approximate surface area is 93.9 Å². The van der Waals surface area contributed by atoms with Crippen molar-refractivity contribution in [1.82, 2.24) is 0 Å². The van der Waals surface area contributed by atoms with Crippen LogP contribution < -0.4 is 0 Å². The Balaban J connectivity index is 4.22. The van der Waals surface area contributed by atoms with Gasteiger partial charge in [0, 0.05) is 27.1 Å². The first-order valence-corrected chi connectivity index (χ1v) is 13.4. The van der Waals surface area contributed by atoms with Crippen LogP contribution in [0.15, 0.2) is 0 Å². The lowest BCUT2D eigenvalue weighted by Gasteiger charge is -2.22. The Kier molecular flexibility index (Phi) is 6.43. The maximum absolute atomic E-state index is 5.49. The highest BCUT2D eigenvalue weighted by Gasteiger charge is 2.17. The summed E-state index contributed by atoms with van der Waals surface area (Å²) in [6.45, 7) is 8.74.